The number of fused-ring (bicyclic) bond motifs is 1. The average molecular weight is 297 g/mol. The summed E-state index contributed by atoms with van der Waals surface area (Å²) in [6.07, 6.45) is 2.14. The summed E-state index contributed by atoms with van der Waals surface area (Å²) >= 11 is 0. The van der Waals surface area contributed by atoms with Crippen molar-refractivity contribution >= 4 is 22.6 Å². The van der Waals surface area contributed by atoms with Crippen LogP contribution < -0.4 is 5.32 Å². The molecule has 0 fully saturated rings. The maximum atomic E-state index is 12.1. The molecule has 114 valence electrons. The van der Waals surface area contributed by atoms with Gasteiger partial charge < -0.3 is 10.1 Å². The molecule has 0 aliphatic heterocycles. The lowest BCUT2D eigenvalue weighted by atomic mass is 10.0. The van der Waals surface area contributed by atoms with Crippen LogP contribution in [-0.2, 0) is 20.7 Å². The van der Waals surface area contributed by atoms with Crippen molar-refractivity contribution in [1.82, 2.24) is 5.32 Å². The summed E-state index contributed by atoms with van der Waals surface area (Å²) in [7, 11) is 1.30. The van der Waals surface area contributed by atoms with Gasteiger partial charge in [0, 0.05) is 0 Å². The fourth-order valence-corrected chi connectivity index (χ4v) is 2.30. The lowest BCUT2D eigenvalue weighted by Crippen LogP contribution is -2.41. The Morgan fingerprint density at radius 3 is 2.64 bits per heavy atom. The monoisotopic (exact) mass is 297 g/mol. The molecule has 0 radical (unpaired) electrons. The SMILES string of the molecule is C=CC[C@H](NC(=O)Cc1ccc2ccccc2c1)C(=O)OC. The molecule has 0 bridgehead atoms. The lowest BCUT2D eigenvalue weighted by molar-refractivity contribution is -0.144. The Morgan fingerprint density at radius 2 is 1.95 bits per heavy atom. The van der Waals surface area contributed by atoms with Gasteiger partial charge >= 0.3 is 5.97 Å². The van der Waals surface area contributed by atoms with Crippen LogP contribution in [0.1, 0.15) is 12.0 Å². The van der Waals surface area contributed by atoms with Crippen molar-refractivity contribution in [3.8, 4) is 0 Å². The van der Waals surface area contributed by atoms with Crippen molar-refractivity contribution < 1.29 is 14.3 Å². The van der Waals surface area contributed by atoms with Gasteiger partial charge in [0.25, 0.3) is 0 Å². The zero-order valence-electron chi connectivity index (χ0n) is 12.5. The molecule has 1 N–H and O–H groups in total. The molecule has 0 spiro atoms. The largest absolute Gasteiger partial charge is 0.467 e. The first-order valence-corrected chi connectivity index (χ1v) is 7.10. The molecular formula is C18H19NO3. The molecule has 0 aromatic heterocycles. The minimum absolute atomic E-state index is 0.215. The Morgan fingerprint density at radius 1 is 1.23 bits per heavy atom. The first-order chi connectivity index (χ1) is 10.6. The molecule has 22 heavy (non-hydrogen) atoms. The Bertz CT molecular complexity index is 694. The number of benzene rings is 2. The maximum Gasteiger partial charge on any atom is 0.328 e. The van der Waals surface area contributed by atoms with Crippen LogP contribution >= 0.6 is 0 Å². The second kappa shape index (κ2) is 7.41. The molecule has 0 unspecified atom stereocenters. The number of nitrogens with one attached hydrogen (secondary N) is 1. The van der Waals surface area contributed by atoms with Gasteiger partial charge in [0.2, 0.25) is 5.91 Å². The van der Waals surface area contributed by atoms with Gasteiger partial charge in [-0.15, -0.1) is 6.58 Å². The van der Waals surface area contributed by atoms with Crippen molar-refractivity contribution in [3.63, 3.8) is 0 Å². The van der Waals surface area contributed by atoms with Crippen molar-refractivity contribution in [2.45, 2.75) is 18.9 Å². The van der Waals surface area contributed by atoms with Crippen LogP contribution in [0.15, 0.2) is 55.1 Å². The van der Waals surface area contributed by atoms with Crippen LogP contribution in [0.25, 0.3) is 10.8 Å². The molecule has 0 aliphatic rings. The molecule has 0 aliphatic carbocycles. The number of rotatable bonds is 6. The third-order valence-electron chi connectivity index (χ3n) is 3.40. The fraction of sp³-hybridized carbons (Fsp3) is 0.222. The normalized spacial score (nSPS) is 11.7. The molecule has 4 nitrogen and oxygen atoms in total. The molecule has 2 aromatic carbocycles. The minimum atomic E-state index is -0.685. The molecule has 0 heterocycles. The van der Waals surface area contributed by atoms with Gasteiger partial charge in [-0.2, -0.15) is 0 Å². The summed E-state index contributed by atoms with van der Waals surface area (Å²) in [6, 6.07) is 13.2. The van der Waals surface area contributed by atoms with Crippen molar-refractivity contribution in [2.75, 3.05) is 7.11 Å². The van der Waals surface area contributed by atoms with E-state index in [1.54, 1.807) is 6.08 Å². The Hall–Kier alpha value is -2.62. The first-order valence-electron chi connectivity index (χ1n) is 7.10. The summed E-state index contributed by atoms with van der Waals surface area (Å²) in [5.74, 6) is -0.681. The van der Waals surface area contributed by atoms with Gasteiger partial charge in [-0.3, -0.25) is 4.79 Å². The van der Waals surface area contributed by atoms with E-state index in [-0.39, 0.29) is 12.3 Å². The average Bonchev–Trinajstić information content (AvgIpc) is 2.53. The number of methoxy groups -OCH3 is 1. The van der Waals surface area contributed by atoms with E-state index in [0.717, 1.165) is 16.3 Å². The highest BCUT2D eigenvalue weighted by Gasteiger charge is 2.19. The fourth-order valence-electron chi connectivity index (χ4n) is 2.30. The third-order valence-corrected chi connectivity index (χ3v) is 3.40. The van der Waals surface area contributed by atoms with E-state index in [2.05, 4.69) is 16.6 Å². The smallest absolute Gasteiger partial charge is 0.328 e. The van der Waals surface area contributed by atoms with Gasteiger partial charge in [-0.05, 0) is 22.8 Å². The second-order valence-electron chi connectivity index (χ2n) is 5.03. The van der Waals surface area contributed by atoms with Gasteiger partial charge in [-0.1, -0.05) is 48.5 Å². The predicted molar refractivity (Wildman–Crippen MR) is 86.4 cm³/mol. The molecule has 1 amide bonds. The van der Waals surface area contributed by atoms with Crippen molar-refractivity contribution in [2.24, 2.45) is 0 Å². The Labute approximate surface area is 129 Å². The summed E-state index contributed by atoms with van der Waals surface area (Å²) in [6.45, 7) is 3.58. The zero-order valence-corrected chi connectivity index (χ0v) is 12.5. The van der Waals surface area contributed by atoms with Crippen LogP contribution in [-0.4, -0.2) is 25.0 Å². The van der Waals surface area contributed by atoms with Gasteiger partial charge in [0.15, 0.2) is 0 Å². The summed E-state index contributed by atoms with van der Waals surface area (Å²) < 4.78 is 4.67. The molecular weight excluding hydrogens is 278 g/mol. The molecule has 1 atom stereocenters. The standard InChI is InChI=1S/C18H19NO3/c1-3-6-16(18(21)22-2)19-17(20)12-13-9-10-14-7-4-5-8-15(14)11-13/h3-5,7-11,16H,1,6,12H2,2H3,(H,19,20)/t16-/m0/s1. The lowest BCUT2D eigenvalue weighted by Gasteiger charge is -2.14. The van der Waals surface area contributed by atoms with Crippen LogP contribution in [0, 0.1) is 0 Å². The first kappa shape index (κ1) is 15.8. The van der Waals surface area contributed by atoms with E-state index in [0.29, 0.717) is 6.42 Å². The topological polar surface area (TPSA) is 55.4 Å². The molecule has 2 rings (SSSR count). The Balaban J connectivity index is 2.06. The maximum absolute atomic E-state index is 12.1. The van der Waals surface area contributed by atoms with E-state index in [9.17, 15) is 9.59 Å². The highest BCUT2D eigenvalue weighted by Crippen LogP contribution is 2.16. The summed E-state index contributed by atoms with van der Waals surface area (Å²) in [4.78, 5) is 23.7. The summed E-state index contributed by atoms with van der Waals surface area (Å²) in [5.41, 5.74) is 0.901. The van der Waals surface area contributed by atoms with Crippen LogP contribution in [0.5, 0.6) is 0 Å². The van der Waals surface area contributed by atoms with Crippen LogP contribution in [0.4, 0.5) is 0 Å². The van der Waals surface area contributed by atoms with Gasteiger partial charge in [0.05, 0.1) is 13.5 Å². The third kappa shape index (κ3) is 3.95. The van der Waals surface area contributed by atoms with Gasteiger partial charge in [-0.25, -0.2) is 4.79 Å². The zero-order chi connectivity index (χ0) is 15.9. The number of amides is 1. The quantitative estimate of drug-likeness (QED) is 0.658. The molecule has 4 heteroatoms. The van der Waals surface area contributed by atoms with Gasteiger partial charge in [0.1, 0.15) is 6.04 Å². The predicted octanol–water partition coefficient (Wildman–Crippen LogP) is 2.62. The van der Waals surface area contributed by atoms with Crippen LogP contribution in [0.2, 0.25) is 0 Å². The number of ether oxygens (including phenoxy) is 1. The molecule has 0 saturated carbocycles. The van der Waals surface area contributed by atoms with Crippen molar-refractivity contribution in [3.05, 3.63) is 60.7 Å². The highest BCUT2D eigenvalue weighted by molar-refractivity contribution is 5.87. The summed E-state index contributed by atoms with van der Waals surface area (Å²) in [5, 5.41) is 4.90. The van der Waals surface area contributed by atoms with E-state index in [1.807, 2.05) is 42.5 Å². The number of carbonyl (C=O) groups excluding carboxylic acids is 2. The van der Waals surface area contributed by atoms with E-state index in [1.165, 1.54) is 7.11 Å². The number of hydrogen-bond donors (Lipinski definition) is 1. The number of esters is 1. The van der Waals surface area contributed by atoms with E-state index >= 15 is 0 Å². The van der Waals surface area contributed by atoms with E-state index in [4.69, 9.17) is 0 Å². The highest BCUT2D eigenvalue weighted by atomic mass is 16.5. The molecule has 2 aromatic rings. The van der Waals surface area contributed by atoms with Crippen molar-refractivity contribution in [1.29, 1.82) is 0 Å². The Kier molecular flexibility index (Phi) is 5.31. The molecule has 0 saturated heterocycles. The van der Waals surface area contributed by atoms with Crippen LogP contribution in [0.3, 0.4) is 0 Å². The van der Waals surface area contributed by atoms with E-state index < -0.39 is 12.0 Å². The number of carbonyl (C=O) groups is 2. The number of hydrogen-bond acceptors (Lipinski definition) is 3. The second-order valence-corrected chi connectivity index (χ2v) is 5.03. The minimum Gasteiger partial charge on any atom is -0.467 e.